The lowest BCUT2D eigenvalue weighted by atomic mass is 10.2. The number of carbonyl (C=O) groups is 2. The molecule has 0 saturated carbocycles. The van der Waals surface area contributed by atoms with Crippen LogP contribution in [0.3, 0.4) is 0 Å². The Labute approximate surface area is 185 Å². The van der Waals surface area contributed by atoms with E-state index < -0.39 is 0 Å². The van der Waals surface area contributed by atoms with Crippen molar-refractivity contribution in [3.8, 4) is 11.5 Å². The zero-order valence-electron chi connectivity index (χ0n) is 19.2. The van der Waals surface area contributed by atoms with E-state index >= 15 is 0 Å². The average Bonchev–Trinajstić information content (AvgIpc) is 2.77. The van der Waals surface area contributed by atoms with Gasteiger partial charge in [-0.15, -0.1) is 0 Å². The molecule has 1 aromatic rings. The van der Waals surface area contributed by atoms with E-state index in [1.807, 2.05) is 25.2 Å². The molecule has 2 rings (SSSR count). The van der Waals surface area contributed by atoms with Gasteiger partial charge in [0, 0.05) is 60.0 Å². The number of nitrogens with zero attached hydrogens (tertiary/aromatic N) is 3. The number of methoxy groups -OCH3 is 3. The molecule has 1 aliphatic rings. The molecule has 0 spiro atoms. The van der Waals surface area contributed by atoms with Crippen molar-refractivity contribution in [3.05, 3.63) is 23.8 Å². The van der Waals surface area contributed by atoms with Gasteiger partial charge in [-0.2, -0.15) is 0 Å². The van der Waals surface area contributed by atoms with Crippen molar-refractivity contribution in [2.75, 3.05) is 80.8 Å². The summed E-state index contributed by atoms with van der Waals surface area (Å²) in [6, 6.07) is 5.67. The monoisotopic (exact) mass is 436 g/mol. The van der Waals surface area contributed by atoms with Gasteiger partial charge in [0.2, 0.25) is 11.8 Å². The number of benzene rings is 1. The Kier molecular flexibility index (Phi) is 10.6. The average molecular weight is 437 g/mol. The van der Waals surface area contributed by atoms with Gasteiger partial charge in [0.25, 0.3) is 0 Å². The number of hydrogen-bond donors (Lipinski definition) is 1. The molecule has 0 bridgehead atoms. The molecule has 2 amide bonds. The number of amides is 2. The fourth-order valence-electron chi connectivity index (χ4n) is 3.46. The summed E-state index contributed by atoms with van der Waals surface area (Å²) in [5, 5.41) is 2.91. The van der Waals surface area contributed by atoms with Gasteiger partial charge in [-0.3, -0.25) is 19.4 Å². The van der Waals surface area contributed by atoms with E-state index in [-0.39, 0.29) is 11.8 Å². The van der Waals surface area contributed by atoms with Crippen molar-refractivity contribution in [3.63, 3.8) is 0 Å². The molecule has 0 radical (unpaired) electrons. The van der Waals surface area contributed by atoms with Crippen LogP contribution in [0.2, 0.25) is 0 Å². The van der Waals surface area contributed by atoms with Crippen molar-refractivity contribution in [1.82, 2.24) is 20.0 Å². The molecule has 1 fully saturated rings. The molecule has 174 valence electrons. The van der Waals surface area contributed by atoms with Crippen LogP contribution >= 0.6 is 0 Å². The summed E-state index contributed by atoms with van der Waals surface area (Å²) in [4.78, 5) is 30.6. The van der Waals surface area contributed by atoms with E-state index in [0.717, 1.165) is 38.2 Å². The van der Waals surface area contributed by atoms with Crippen LogP contribution in [0.4, 0.5) is 0 Å². The molecule has 0 aliphatic carbocycles. The van der Waals surface area contributed by atoms with Gasteiger partial charge in [-0.1, -0.05) is 6.07 Å². The Balaban J connectivity index is 1.71. The van der Waals surface area contributed by atoms with Crippen molar-refractivity contribution in [1.29, 1.82) is 0 Å². The van der Waals surface area contributed by atoms with Crippen LogP contribution in [0.5, 0.6) is 11.5 Å². The lowest BCUT2D eigenvalue weighted by Crippen LogP contribution is -2.51. The molecule has 9 heteroatoms. The van der Waals surface area contributed by atoms with E-state index in [0.29, 0.717) is 44.3 Å². The Morgan fingerprint density at radius 2 is 1.65 bits per heavy atom. The SMILES string of the molecule is COCCCNC(=O)CN1CCN(CC(=O)N(C)Cc2ccc(OC)c(OC)c2)CC1. The van der Waals surface area contributed by atoms with Gasteiger partial charge in [0.05, 0.1) is 27.3 Å². The van der Waals surface area contributed by atoms with Crippen LogP contribution in [-0.4, -0.2) is 107 Å². The van der Waals surface area contributed by atoms with Crippen molar-refractivity contribution < 1.29 is 23.8 Å². The summed E-state index contributed by atoms with van der Waals surface area (Å²) in [6.07, 6.45) is 0.814. The zero-order valence-corrected chi connectivity index (χ0v) is 19.2. The van der Waals surface area contributed by atoms with Crippen molar-refractivity contribution in [2.45, 2.75) is 13.0 Å². The molecule has 1 aromatic carbocycles. The summed E-state index contributed by atoms with van der Waals surface area (Å²) in [5.41, 5.74) is 0.981. The minimum atomic E-state index is 0.0373. The van der Waals surface area contributed by atoms with E-state index in [2.05, 4.69) is 15.1 Å². The summed E-state index contributed by atoms with van der Waals surface area (Å²) in [5.74, 6) is 1.43. The quantitative estimate of drug-likeness (QED) is 0.476. The van der Waals surface area contributed by atoms with Crippen LogP contribution in [0.1, 0.15) is 12.0 Å². The van der Waals surface area contributed by atoms with E-state index in [4.69, 9.17) is 14.2 Å². The van der Waals surface area contributed by atoms with Gasteiger partial charge in [-0.25, -0.2) is 0 Å². The summed E-state index contributed by atoms with van der Waals surface area (Å²) < 4.78 is 15.6. The zero-order chi connectivity index (χ0) is 22.6. The fraction of sp³-hybridized carbons (Fsp3) is 0.636. The Hall–Kier alpha value is -2.36. The minimum absolute atomic E-state index is 0.0373. The number of nitrogens with one attached hydrogen (secondary N) is 1. The number of ether oxygens (including phenoxy) is 3. The second-order valence-corrected chi connectivity index (χ2v) is 7.69. The summed E-state index contributed by atoms with van der Waals surface area (Å²) >= 11 is 0. The molecule has 1 heterocycles. The molecule has 31 heavy (non-hydrogen) atoms. The van der Waals surface area contributed by atoms with Gasteiger partial charge >= 0.3 is 0 Å². The molecule has 1 N–H and O–H groups in total. The van der Waals surface area contributed by atoms with Gasteiger partial charge in [0.15, 0.2) is 11.5 Å². The van der Waals surface area contributed by atoms with Crippen LogP contribution in [0, 0.1) is 0 Å². The van der Waals surface area contributed by atoms with E-state index in [9.17, 15) is 9.59 Å². The normalized spacial score (nSPS) is 14.8. The Bertz CT molecular complexity index is 707. The highest BCUT2D eigenvalue weighted by molar-refractivity contribution is 5.78. The third kappa shape index (κ3) is 8.35. The maximum atomic E-state index is 12.7. The van der Waals surface area contributed by atoms with Crippen LogP contribution < -0.4 is 14.8 Å². The van der Waals surface area contributed by atoms with Crippen LogP contribution in [-0.2, 0) is 20.9 Å². The summed E-state index contributed by atoms with van der Waals surface area (Å²) in [6.45, 7) is 5.65. The smallest absolute Gasteiger partial charge is 0.236 e. The van der Waals surface area contributed by atoms with Crippen LogP contribution in [0.15, 0.2) is 18.2 Å². The highest BCUT2D eigenvalue weighted by atomic mass is 16.5. The van der Waals surface area contributed by atoms with Gasteiger partial charge in [0.1, 0.15) is 0 Å². The largest absolute Gasteiger partial charge is 0.493 e. The topological polar surface area (TPSA) is 83.6 Å². The molecule has 1 saturated heterocycles. The lowest BCUT2D eigenvalue weighted by molar-refractivity contribution is -0.132. The standard InChI is InChI=1S/C22H36N4O5/c1-24(15-18-6-7-19(30-3)20(14-18)31-4)22(28)17-26-11-9-25(10-12-26)16-21(27)23-8-5-13-29-2/h6-7,14H,5,8-13,15-17H2,1-4H3,(H,23,27). The Morgan fingerprint density at radius 3 is 2.26 bits per heavy atom. The van der Waals surface area contributed by atoms with Crippen molar-refractivity contribution >= 4 is 11.8 Å². The van der Waals surface area contributed by atoms with E-state index in [1.165, 1.54) is 0 Å². The Morgan fingerprint density at radius 1 is 1.00 bits per heavy atom. The second-order valence-electron chi connectivity index (χ2n) is 7.69. The molecule has 9 nitrogen and oxygen atoms in total. The third-order valence-electron chi connectivity index (χ3n) is 5.33. The first-order valence-corrected chi connectivity index (χ1v) is 10.6. The predicted molar refractivity (Wildman–Crippen MR) is 118 cm³/mol. The number of likely N-dealkylation sites (N-methyl/N-ethyl adjacent to an activating group) is 1. The first-order valence-electron chi connectivity index (χ1n) is 10.6. The molecular formula is C22H36N4O5. The number of carbonyl (C=O) groups excluding carboxylic acids is 2. The first-order chi connectivity index (χ1) is 15.0. The maximum absolute atomic E-state index is 12.7. The van der Waals surface area contributed by atoms with Gasteiger partial charge in [-0.05, 0) is 24.1 Å². The summed E-state index contributed by atoms with van der Waals surface area (Å²) in [7, 11) is 6.66. The van der Waals surface area contributed by atoms with Gasteiger partial charge < -0.3 is 24.4 Å². The molecule has 0 unspecified atom stereocenters. The molecular weight excluding hydrogens is 400 g/mol. The lowest BCUT2D eigenvalue weighted by Gasteiger charge is -2.34. The number of hydrogen-bond acceptors (Lipinski definition) is 7. The minimum Gasteiger partial charge on any atom is -0.493 e. The molecule has 0 atom stereocenters. The molecule has 0 aromatic heterocycles. The first kappa shape index (κ1) is 24.9. The maximum Gasteiger partial charge on any atom is 0.236 e. The van der Waals surface area contributed by atoms with Crippen LogP contribution in [0.25, 0.3) is 0 Å². The molecule has 1 aliphatic heterocycles. The predicted octanol–water partition coefficient (Wildman–Crippen LogP) is 0.433. The number of piperazine rings is 1. The highest BCUT2D eigenvalue weighted by Gasteiger charge is 2.22. The second kappa shape index (κ2) is 13.1. The number of rotatable bonds is 12. The fourth-order valence-corrected chi connectivity index (χ4v) is 3.46. The van der Waals surface area contributed by atoms with E-state index in [1.54, 1.807) is 26.2 Å². The van der Waals surface area contributed by atoms with Crippen molar-refractivity contribution in [2.24, 2.45) is 0 Å². The third-order valence-corrected chi connectivity index (χ3v) is 5.33. The highest BCUT2D eigenvalue weighted by Crippen LogP contribution is 2.27.